The van der Waals surface area contributed by atoms with Crippen LogP contribution in [-0.4, -0.2) is 51.3 Å². The van der Waals surface area contributed by atoms with Crippen molar-refractivity contribution in [1.82, 2.24) is 10.2 Å². The second-order valence-electron chi connectivity index (χ2n) is 5.79. The van der Waals surface area contributed by atoms with Crippen molar-refractivity contribution in [3.8, 4) is 0 Å². The predicted octanol–water partition coefficient (Wildman–Crippen LogP) is 1.88. The number of nitrogens with zero attached hydrogens (tertiary/aromatic N) is 1. The standard InChI is InChI=1S/C14H28N2O/c1-17-13-9-15-8-12-16-10-6-14(7-11-16)4-2-3-5-14/h15H,2-13H2,1H3. The van der Waals surface area contributed by atoms with Gasteiger partial charge in [-0.1, -0.05) is 12.8 Å². The number of ether oxygens (including phenoxy) is 1. The first kappa shape index (κ1) is 13.3. The van der Waals surface area contributed by atoms with Crippen LogP contribution in [0.4, 0.5) is 0 Å². The maximum atomic E-state index is 5.02. The molecule has 1 spiro atoms. The van der Waals surface area contributed by atoms with Gasteiger partial charge in [0, 0.05) is 26.7 Å². The summed E-state index contributed by atoms with van der Waals surface area (Å²) in [6.07, 6.45) is 8.88. The van der Waals surface area contributed by atoms with E-state index < -0.39 is 0 Å². The van der Waals surface area contributed by atoms with E-state index in [2.05, 4.69) is 10.2 Å². The largest absolute Gasteiger partial charge is 0.383 e. The molecule has 0 atom stereocenters. The van der Waals surface area contributed by atoms with Crippen LogP contribution in [0.2, 0.25) is 0 Å². The molecule has 0 radical (unpaired) electrons. The van der Waals surface area contributed by atoms with Gasteiger partial charge in [-0.25, -0.2) is 0 Å². The smallest absolute Gasteiger partial charge is 0.0587 e. The highest BCUT2D eigenvalue weighted by Crippen LogP contribution is 2.45. The van der Waals surface area contributed by atoms with E-state index in [4.69, 9.17) is 4.74 Å². The van der Waals surface area contributed by atoms with Crippen molar-refractivity contribution in [3.05, 3.63) is 0 Å². The zero-order chi connectivity index (χ0) is 12.0. The first-order valence-electron chi connectivity index (χ1n) is 7.27. The molecule has 0 amide bonds. The van der Waals surface area contributed by atoms with Crippen molar-refractivity contribution in [2.75, 3.05) is 46.4 Å². The van der Waals surface area contributed by atoms with Crippen LogP contribution in [0.15, 0.2) is 0 Å². The predicted molar refractivity (Wildman–Crippen MR) is 71.3 cm³/mol. The summed E-state index contributed by atoms with van der Waals surface area (Å²) in [6.45, 7) is 6.77. The first-order chi connectivity index (χ1) is 8.35. The molecule has 1 heterocycles. The molecule has 100 valence electrons. The van der Waals surface area contributed by atoms with Crippen LogP contribution in [0.25, 0.3) is 0 Å². The molecule has 1 N–H and O–H groups in total. The van der Waals surface area contributed by atoms with Crippen molar-refractivity contribution < 1.29 is 4.74 Å². The van der Waals surface area contributed by atoms with Gasteiger partial charge in [-0.2, -0.15) is 0 Å². The fourth-order valence-electron chi connectivity index (χ4n) is 3.41. The number of piperidine rings is 1. The molecule has 1 aliphatic heterocycles. The number of hydrogen-bond acceptors (Lipinski definition) is 3. The van der Waals surface area contributed by atoms with Crippen LogP contribution in [0.3, 0.4) is 0 Å². The number of rotatable bonds is 6. The van der Waals surface area contributed by atoms with E-state index in [0.29, 0.717) is 0 Å². The molecule has 1 aliphatic carbocycles. The van der Waals surface area contributed by atoms with Gasteiger partial charge in [0.2, 0.25) is 0 Å². The zero-order valence-electron chi connectivity index (χ0n) is 11.3. The lowest BCUT2D eigenvalue weighted by Gasteiger charge is -2.39. The molecule has 2 aliphatic rings. The normalized spacial score (nSPS) is 24.5. The SMILES string of the molecule is COCCNCCN1CCC2(CCCC2)CC1. The highest BCUT2D eigenvalue weighted by atomic mass is 16.5. The van der Waals surface area contributed by atoms with Crippen molar-refractivity contribution in [3.63, 3.8) is 0 Å². The Labute approximate surface area is 106 Å². The summed E-state index contributed by atoms with van der Waals surface area (Å²) in [5.74, 6) is 0. The Hall–Kier alpha value is -0.120. The molecule has 3 heteroatoms. The van der Waals surface area contributed by atoms with Gasteiger partial charge in [0.15, 0.2) is 0 Å². The topological polar surface area (TPSA) is 24.5 Å². The summed E-state index contributed by atoms with van der Waals surface area (Å²) in [7, 11) is 1.76. The van der Waals surface area contributed by atoms with E-state index in [0.717, 1.165) is 25.1 Å². The second kappa shape index (κ2) is 6.72. The summed E-state index contributed by atoms with van der Waals surface area (Å²) < 4.78 is 5.02. The van der Waals surface area contributed by atoms with Crippen LogP contribution in [0, 0.1) is 5.41 Å². The van der Waals surface area contributed by atoms with Gasteiger partial charge >= 0.3 is 0 Å². The Morgan fingerprint density at radius 1 is 1.06 bits per heavy atom. The minimum Gasteiger partial charge on any atom is -0.383 e. The molecular weight excluding hydrogens is 212 g/mol. The third kappa shape index (κ3) is 3.94. The number of hydrogen-bond donors (Lipinski definition) is 1. The van der Waals surface area contributed by atoms with Crippen molar-refractivity contribution in [2.45, 2.75) is 38.5 Å². The number of likely N-dealkylation sites (tertiary alicyclic amines) is 1. The van der Waals surface area contributed by atoms with Gasteiger partial charge in [-0.05, 0) is 44.2 Å². The Morgan fingerprint density at radius 3 is 2.41 bits per heavy atom. The second-order valence-corrected chi connectivity index (χ2v) is 5.79. The van der Waals surface area contributed by atoms with Crippen molar-refractivity contribution in [1.29, 1.82) is 0 Å². The van der Waals surface area contributed by atoms with Crippen molar-refractivity contribution >= 4 is 0 Å². The van der Waals surface area contributed by atoms with E-state index in [1.807, 2.05) is 0 Å². The molecule has 17 heavy (non-hydrogen) atoms. The van der Waals surface area contributed by atoms with Gasteiger partial charge < -0.3 is 15.0 Å². The summed E-state index contributed by atoms with van der Waals surface area (Å²) in [6, 6.07) is 0. The van der Waals surface area contributed by atoms with E-state index in [1.165, 1.54) is 58.2 Å². The fourth-order valence-corrected chi connectivity index (χ4v) is 3.41. The summed E-state index contributed by atoms with van der Waals surface area (Å²) in [4.78, 5) is 2.63. The molecule has 3 nitrogen and oxygen atoms in total. The van der Waals surface area contributed by atoms with E-state index in [1.54, 1.807) is 7.11 Å². The quantitative estimate of drug-likeness (QED) is 0.717. The molecule has 0 aromatic heterocycles. The van der Waals surface area contributed by atoms with E-state index in [-0.39, 0.29) is 0 Å². The third-order valence-electron chi connectivity index (χ3n) is 4.67. The lowest BCUT2D eigenvalue weighted by atomic mass is 9.77. The Morgan fingerprint density at radius 2 is 1.76 bits per heavy atom. The lowest BCUT2D eigenvalue weighted by Crippen LogP contribution is -2.42. The summed E-state index contributed by atoms with van der Waals surface area (Å²) in [5.41, 5.74) is 0.764. The van der Waals surface area contributed by atoms with Crippen LogP contribution in [0.5, 0.6) is 0 Å². The monoisotopic (exact) mass is 240 g/mol. The van der Waals surface area contributed by atoms with Gasteiger partial charge in [0.25, 0.3) is 0 Å². The molecule has 0 bridgehead atoms. The van der Waals surface area contributed by atoms with Gasteiger partial charge in [0.1, 0.15) is 0 Å². The Bertz CT molecular complexity index is 204. The molecule has 2 rings (SSSR count). The van der Waals surface area contributed by atoms with Crippen molar-refractivity contribution in [2.24, 2.45) is 5.41 Å². The number of nitrogens with one attached hydrogen (secondary N) is 1. The fraction of sp³-hybridized carbons (Fsp3) is 1.00. The molecule has 1 saturated carbocycles. The average Bonchev–Trinajstić information content (AvgIpc) is 2.80. The highest BCUT2D eigenvalue weighted by molar-refractivity contribution is 4.89. The molecule has 2 fully saturated rings. The maximum absolute atomic E-state index is 5.02. The molecule has 0 aromatic carbocycles. The van der Waals surface area contributed by atoms with E-state index >= 15 is 0 Å². The first-order valence-corrected chi connectivity index (χ1v) is 7.27. The highest BCUT2D eigenvalue weighted by Gasteiger charge is 2.36. The van der Waals surface area contributed by atoms with Crippen LogP contribution in [-0.2, 0) is 4.74 Å². The molecular formula is C14H28N2O. The van der Waals surface area contributed by atoms with Gasteiger partial charge in [-0.3, -0.25) is 0 Å². The Kier molecular flexibility index (Phi) is 5.26. The number of methoxy groups -OCH3 is 1. The lowest BCUT2D eigenvalue weighted by molar-refractivity contribution is 0.108. The van der Waals surface area contributed by atoms with Crippen LogP contribution < -0.4 is 5.32 Å². The molecule has 1 saturated heterocycles. The van der Waals surface area contributed by atoms with Gasteiger partial charge in [-0.15, -0.1) is 0 Å². The average molecular weight is 240 g/mol. The van der Waals surface area contributed by atoms with Gasteiger partial charge in [0.05, 0.1) is 6.61 Å². The third-order valence-corrected chi connectivity index (χ3v) is 4.67. The Balaban J connectivity index is 1.56. The van der Waals surface area contributed by atoms with Crippen LogP contribution >= 0.6 is 0 Å². The zero-order valence-corrected chi connectivity index (χ0v) is 11.3. The summed E-state index contributed by atoms with van der Waals surface area (Å²) >= 11 is 0. The van der Waals surface area contributed by atoms with E-state index in [9.17, 15) is 0 Å². The summed E-state index contributed by atoms with van der Waals surface area (Å²) in [5, 5.41) is 3.43. The molecule has 0 aromatic rings. The minimum absolute atomic E-state index is 0.764. The van der Waals surface area contributed by atoms with Crippen LogP contribution in [0.1, 0.15) is 38.5 Å². The molecule has 0 unspecified atom stereocenters. The maximum Gasteiger partial charge on any atom is 0.0587 e. The minimum atomic E-state index is 0.764.